The summed E-state index contributed by atoms with van der Waals surface area (Å²) in [7, 11) is 1.74. The van der Waals surface area contributed by atoms with Gasteiger partial charge in [-0.25, -0.2) is 0 Å². The summed E-state index contributed by atoms with van der Waals surface area (Å²) in [6.07, 6.45) is 3.95. The Labute approximate surface area is 126 Å². The van der Waals surface area contributed by atoms with Gasteiger partial charge < -0.3 is 4.74 Å². The average Bonchev–Trinajstić information content (AvgIpc) is 2.40. The first-order valence-electron chi connectivity index (χ1n) is 6.37. The van der Waals surface area contributed by atoms with Gasteiger partial charge in [-0.15, -0.1) is 0 Å². The SMILES string of the molecule is COc1ccc(Br)cc1CN1CCCCC1CBr. The van der Waals surface area contributed by atoms with Gasteiger partial charge in [-0.05, 0) is 37.6 Å². The summed E-state index contributed by atoms with van der Waals surface area (Å²) in [6, 6.07) is 6.88. The number of piperidine rings is 1. The molecule has 1 aliphatic heterocycles. The van der Waals surface area contributed by atoms with Crippen LogP contribution in [0.3, 0.4) is 0 Å². The third-order valence-electron chi connectivity index (χ3n) is 3.54. The third-order valence-corrected chi connectivity index (χ3v) is 4.78. The van der Waals surface area contributed by atoms with Crippen LogP contribution in [-0.2, 0) is 6.54 Å². The normalized spacial score (nSPS) is 20.9. The van der Waals surface area contributed by atoms with Crippen LogP contribution in [0.1, 0.15) is 24.8 Å². The lowest BCUT2D eigenvalue weighted by Gasteiger charge is -2.35. The van der Waals surface area contributed by atoms with Crippen LogP contribution < -0.4 is 4.74 Å². The first-order chi connectivity index (χ1) is 8.74. The molecule has 1 fully saturated rings. The zero-order valence-corrected chi connectivity index (χ0v) is 13.8. The number of methoxy groups -OCH3 is 1. The lowest BCUT2D eigenvalue weighted by atomic mass is 10.0. The van der Waals surface area contributed by atoms with E-state index < -0.39 is 0 Å². The molecule has 0 amide bonds. The van der Waals surface area contributed by atoms with Crippen LogP contribution in [0.5, 0.6) is 5.75 Å². The van der Waals surface area contributed by atoms with Crippen molar-refractivity contribution in [3.63, 3.8) is 0 Å². The summed E-state index contributed by atoms with van der Waals surface area (Å²) in [5, 5.41) is 1.06. The fourth-order valence-electron chi connectivity index (χ4n) is 2.53. The second-order valence-electron chi connectivity index (χ2n) is 4.73. The highest BCUT2D eigenvalue weighted by Crippen LogP contribution is 2.27. The summed E-state index contributed by atoms with van der Waals surface area (Å²) >= 11 is 7.17. The van der Waals surface area contributed by atoms with E-state index >= 15 is 0 Å². The molecule has 2 rings (SSSR count). The van der Waals surface area contributed by atoms with Gasteiger partial charge >= 0.3 is 0 Å². The molecule has 1 unspecified atom stereocenters. The standard InChI is InChI=1S/C14H19Br2NO/c1-18-14-6-5-12(16)8-11(14)10-17-7-3-2-4-13(17)9-15/h5-6,8,13H,2-4,7,9-10H2,1H3. The van der Waals surface area contributed by atoms with E-state index in [0.717, 1.165) is 22.1 Å². The second kappa shape index (κ2) is 6.92. The molecular formula is C14H19Br2NO. The molecule has 1 atom stereocenters. The number of hydrogen-bond acceptors (Lipinski definition) is 2. The quantitative estimate of drug-likeness (QED) is 0.730. The van der Waals surface area contributed by atoms with Crippen molar-refractivity contribution in [3.8, 4) is 5.75 Å². The predicted molar refractivity (Wildman–Crippen MR) is 82.5 cm³/mol. The minimum atomic E-state index is 0.655. The number of rotatable bonds is 4. The fraction of sp³-hybridized carbons (Fsp3) is 0.571. The third kappa shape index (κ3) is 3.49. The number of benzene rings is 1. The zero-order chi connectivity index (χ0) is 13.0. The lowest BCUT2D eigenvalue weighted by molar-refractivity contribution is 0.155. The number of alkyl halides is 1. The van der Waals surface area contributed by atoms with Gasteiger partial charge in [0.15, 0.2) is 0 Å². The number of nitrogens with zero attached hydrogens (tertiary/aromatic N) is 1. The van der Waals surface area contributed by atoms with Crippen molar-refractivity contribution in [2.45, 2.75) is 31.8 Å². The van der Waals surface area contributed by atoms with E-state index in [2.05, 4.69) is 42.8 Å². The first-order valence-corrected chi connectivity index (χ1v) is 8.28. The van der Waals surface area contributed by atoms with E-state index in [-0.39, 0.29) is 0 Å². The number of ether oxygens (including phenoxy) is 1. The smallest absolute Gasteiger partial charge is 0.123 e. The van der Waals surface area contributed by atoms with Crippen molar-refractivity contribution in [1.29, 1.82) is 0 Å². The Hall–Kier alpha value is -0.0600. The van der Waals surface area contributed by atoms with E-state index in [1.54, 1.807) is 7.11 Å². The summed E-state index contributed by atoms with van der Waals surface area (Å²) in [5.74, 6) is 0.983. The summed E-state index contributed by atoms with van der Waals surface area (Å²) < 4.78 is 6.57. The van der Waals surface area contributed by atoms with Crippen LogP contribution in [-0.4, -0.2) is 29.9 Å². The molecule has 0 radical (unpaired) electrons. The molecule has 100 valence electrons. The van der Waals surface area contributed by atoms with Crippen LogP contribution in [0.25, 0.3) is 0 Å². The monoisotopic (exact) mass is 375 g/mol. The van der Waals surface area contributed by atoms with E-state index in [9.17, 15) is 0 Å². The fourth-order valence-corrected chi connectivity index (χ4v) is 3.67. The highest BCUT2D eigenvalue weighted by molar-refractivity contribution is 9.10. The number of halogens is 2. The Morgan fingerprint density at radius 1 is 1.39 bits per heavy atom. The van der Waals surface area contributed by atoms with E-state index in [1.807, 2.05) is 12.1 Å². The van der Waals surface area contributed by atoms with Gasteiger partial charge in [0.2, 0.25) is 0 Å². The summed E-state index contributed by atoms with van der Waals surface area (Å²) in [4.78, 5) is 2.56. The molecule has 0 aliphatic carbocycles. The summed E-state index contributed by atoms with van der Waals surface area (Å²) in [5.41, 5.74) is 1.26. The van der Waals surface area contributed by atoms with Crippen LogP contribution >= 0.6 is 31.9 Å². The minimum Gasteiger partial charge on any atom is -0.496 e. The molecule has 1 aromatic rings. The lowest BCUT2D eigenvalue weighted by Crippen LogP contribution is -2.40. The van der Waals surface area contributed by atoms with Gasteiger partial charge in [0, 0.05) is 28.0 Å². The molecule has 0 aromatic heterocycles. The average molecular weight is 377 g/mol. The van der Waals surface area contributed by atoms with Gasteiger partial charge in [0.05, 0.1) is 7.11 Å². The van der Waals surface area contributed by atoms with Gasteiger partial charge in [0.25, 0.3) is 0 Å². The van der Waals surface area contributed by atoms with Crippen molar-refractivity contribution >= 4 is 31.9 Å². The maximum absolute atomic E-state index is 5.45. The molecule has 2 nitrogen and oxygen atoms in total. The van der Waals surface area contributed by atoms with Crippen LogP contribution in [0.4, 0.5) is 0 Å². The number of hydrogen-bond donors (Lipinski definition) is 0. The van der Waals surface area contributed by atoms with Gasteiger partial charge in [-0.3, -0.25) is 4.90 Å². The Bertz CT molecular complexity index is 397. The zero-order valence-electron chi connectivity index (χ0n) is 10.7. The number of likely N-dealkylation sites (tertiary alicyclic amines) is 1. The molecule has 4 heteroatoms. The van der Waals surface area contributed by atoms with Crippen molar-refractivity contribution in [1.82, 2.24) is 4.90 Å². The van der Waals surface area contributed by atoms with E-state index in [1.165, 1.54) is 31.4 Å². The van der Waals surface area contributed by atoms with Crippen LogP contribution in [0, 0.1) is 0 Å². The maximum atomic E-state index is 5.45. The van der Waals surface area contributed by atoms with Crippen LogP contribution in [0.15, 0.2) is 22.7 Å². The molecule has 0 spiro atoms. The van der Waals surface area contributed by atoms with Gasteiger partial charge in [-0.1, -0.05) is 38.3 Å². The maximum Gasteiger partial charge on any atom is 0.123 e. The predicted octanol–water partition coefficient (Wildman–Crippen LogP) is 4.21. The van der Waals surface area contributed by atoms with Crippen molar-refractivity contribution in [3.05, 3.63) is 28.2 Å². The Morgan fingerprint density at radius 2 is 2.22 bits per heavy atom. The molecule has 1 aromatic carbocycles. The molecule has 0 bridgehead atoms. The Morgan fingerprint density at radius 3 is 2.94 bits per heavy atom. The Balaban J connectivity index is 2.14. The first kappa shape index (κ1) is 14.4. The Kier molecular flexibility index (Phi) is 5.52. The highest BCUT2D eigenvalue weighted by Gasteiger charge is 2.22. The molecule has 0 saturated carbocycles. The van der Waals surface area contributed by atoms with Crippen molar-refractivity contribution < 1.29 is 4.74 Å². The topological polar surface area (TPSA) is 12.5 Å². The second-order valence-corrected chi connectivity index (χ2v) is 6.29. The van der Waals surface area contributed by atoms with Crippen LogP contribution in [0.2, 0.25) is 0 Å². The summed E-state index contributed by atoms with van der Waals surface area (Å²) in [6.45, 7) is 2.16. The van der Waals surface area contributed by atoms with E-state index in [4.69, 9.17) is 4.74 Å². The molecule has 1 aliphatic rings. The van der Waals surface area contributed by atoms with Crippen molar-refractivity contribution in [2.24, 2.45) is 0 Å². The minimum absolute atomic E-state index is 0.655. The molecular weight excluding hydrogens is 358 g/mol. The molecule has 1 heterocycles. The van der Waals surface area contributed by atoms with E-state index in [0.29, 0.717) is 6.04 Å². The highest BCUT2D eigenvalue weighted by atomic mass is 79.9. The molecule has 18 heavy (non-hydrogen) atoms. The largest absolute Gasteiger partial charge is 0.496 e. The molecule has 1 saturated heterocycles. The van der Waals surface area contributed by atoms with Gasteiger partial charge in [0.1, 0.15) is 5.75 Å². The molecule has 0 N–H and O–H groups in total. The van der Waals surface area contributed by atoms with Gasteiger partial charge in [-0.2, -0.15) is 0 Å². The van der Waals surface area contributed by atoms with Crippen molar-refractivity contribution in [2.75, 3.05) is 19.0 Å².